The molecule has 0 spiro atoms. The molecule has 2 aromatic carbocycles. The maximum atomic E-state index is 13.4. The third-order valence-corrected chi connectivity index (χ3v) is 4.85. The van der Waals surface area contributed by atoms with Crippen molar-refractivity contribution in [2.75, 3.05) is 7.11 Å². The number of hydrogen-bond donors (Lipinski definition) is 1. The molecule has 138 valence electrons. The van der Waals surface area contributed by atoms with Crippen molar-refractivity contribution in [2.45, 2.75) is 25.8 Å². The first-order chi connectivity index (χ1) is 13.1. The standard InChI is InChI=1S/C22H21FN2O2/c1-14-20(22(26)24-17-8-9-17)13-21(15-4-3-5-19(12-15)27-2)25(14)18-10-6-16(23)7-11-18/h3-7,10-13,17H,8-9H2,1-2H3,(H,24,26). The van der Waals surface area contributed by atoms with Gasteiger partial charge in [0.15, 0.2) is 0 Å². The van der Waals surface area contributed by atoms with Crippen molar-refractivity contribution in [1.29, 1.82) is 0 Å². The monoisotopic (exact) mass is 364 g/mol. The molecule has 1 aliphatic rings. The number of nitrogens with zero attached hydrogens (tertiary/aromatic N) is 1. The normalized spacial score (nSPS) is 13.4. The first-order valence-corrected chi connectivity index (χ1v) is 9.00. The van der Waals surface area contributed by atoms with Crippen LogP contribution < -0.4 is 10.1 Å². The van der Waals surface area contributed by atoms with E-state index in [-0.39, 0.29) is 17.8 Å². The average Bonchev–Trinajstić information content (AvgIpc) is 3.43. The summed E-state index contributed by atoms with van der Waals surface area (Å²) >= 11 is 0. The van der Waals surface area contributed by atoms with Crippen LogP contribution in [-0.4, -0.2) is 23.6 Å². The van der Waals surface area contributed by atoms with Crippen molar-refractivity contribution >= 4 is 5.91 Å². The summed E-state index contributed by atoms with van der Waals surface area (Å²) in [5.74, 6) is 0.374. The van der Waals surface area contributed by atoms with Gasteiger partial charge < -0.3 is 14.6 Å². The molecule has 1 N–H and O–H groups in total. The molecule has 0 radical (unpaired) electrons. The molecule has 0 saturated heterocycles. The van der Waals surface area contributed by atoms with E-state index in [0.717, 1.165) is 41.2 Å². The van der Waals surface area contributed by atoms with Gasteiger partial charge in [0.25, 0.3) is 5.91 Å². The van der Waals surface area contributed by atoms with Crippen LogP contribution in [0.25, 0.3) is 16.9 Å². The Kier molecular flexibility index (Phi) is 4.44. The minimum atomic E-state index is -0.293. The molecule has 0 unspecified atom stereocenters. The lowest BCUT2D eigenvalue weighted by Crippen LogP contribution is -2.25. The molecule has 3 aromatic rings. The van der Waals surface area contributed by atoms with Crippen LogP contribution in [-0.2, 0) is 0 Å². The molecule has 1 aromatic heterocycles. The number of ether oxygens (including phenoxy) is 1. The van der Waals surface area contributed by atoms with Crippen LogP contribution in [0.4, 0.5) is 4.39 Å². The van der Waals surface area contributed by atoms with Crippen LogP contribution >= 0.6 is 0 Å². The molecule has 0 atom stereocenters. The van der Waals surface area contributed by atoms with Crippen molar-refractivity contribution in [2.24, 2.45) is 0 Å². The van der Waals surface area contributed by atoms with Gasteiger partial charge >= 0.3 is 0 Å². The fourth-order valence-corrected chi connectivity index (χ4v) is 3.25. The number of benzene rings is 2. The van der Waals surface area contributed by atoms with Gasteiger partial charge in [0.05, 0.1) is 18.4 Å². The molecule has 4 nitrogen and oxygen atoms in total. The van der Waals surface area contributed by atoms with Crippen LogP contribution in [0.5, 0.6) is 5.75 Å². The van der Waals surface area contributed by atoms with Crippen molar-refractivity contribution in [3.8, 4) is 22.7 Å². The van der Waals surface area contributed by atoms with Gasteiger partial charge in [0.1, 0.15) is 11.6 Å². The highest BCUT2D eigenvalue weighted by Gasteiger charge is 2.26. The second-order valence-corrected chi connectivity index (χ2v) is 6.82. The lowest BCUT2D eigenvalue weighted by atomic mass is 10.1. The number of rotatable bonds is 5. The van der Waals surface area contributed by atoms with E-state index in [0.29, 0.717) is 5.56 Å². The SMILES string of the molecule is COc1cccc(-c2cc(C(=O)NC3CC3)c(C)n2-c2ccc(F)cc2)c1. The fourth-order valence-electron chi connectivity index (χ4n) is 3.25. The summed E-state index contributed by atoms with van der Waals surface area (Å²) in [6.07, 6.45) is 2.07. The maximum absolute atomic E-state index is 13.4. The van der Waals surface area contributed by atoms with Crippen LogP contribution in [0.2, 0.25) is 0 Å². The number of halogens is 1. The van der Waals surface area contributed by atoms with Crippen LogP contribution in [0.3, 0.4) is 0 Å². The lowest BCUT2D eigenvalue weighted by molar-refractivity contribution is 0.0950. The van der Waals surface area contributed by atoms with E-state index < -0.39 is 0 Å². The summed E-state index contributed by atoms with van der Waals surface area (Å²) in [7, 11) is 1.62. The minimum Gasteiger partial charge on any atom is -0.497 e. The van der Waals surface area contributed by atoms with Gasteiger partial charge in [-0.1, -0.05) is 12.1 Å². The molecule has 1 fully saturated rings. The zero-order chi connectivity index (χ0) is 19.0. The molecular weight excluding hydrogens is 343 g/mol. The van der Waals surface area contributed by atoms with Crippen molar-refractivity contribution in [1.82, 2.24) is 9.88 Å². The van der Waals surface area contributed by atoms with Gasteiger partial charge in [-0.2, -0.15) is 0 Å². The van der Waals surface area contributed by atoms with Gasteiger partial charge in [-0.3, -0.25) is 4.79 Å². The first-order valence-electron chi connectivity index (χ1n) is 9.00. The maximum Gasteiger partial charge on any atom is 0.253 e. The Balaban J connectivity index is 1.86. The predicted octanol–water partition coefficient (Wildman–Crippen LogP) is 4.49. The van der Waals surface area contributed by atoms with Gasteiger partial charge in [0.2, 0.25) is 0 Å². The molecule has 1 aliphatic carbocycles. The lowest BCUT2D eigenvalue weighted by Gasteiger charge is -2.13. The van der Waals surface area contributed by atoms with E-state index in [1.165, 1.54) is 12.1 Å². The Morgan fingerprint density at radius 2 is 1.89 bits per heavy atom. The molecule has 5 heteroatoms. The minimum absolute atomic E-state index is 0.0694. The van der Waals surface area contributed by atoms with Gasteiger partial charge in [-0.05, 0) is 62.2 Å². The quantitative estimate of drug-likeness (QED) is 0.725. The van der Waals surface area contributed by atoms with E-state index in [2.05, 4.69) is 5.32 Å². The van der Waals surface area contributed by atoms with E-state index in [1.807, 2.05) is 41.8 Å². The van der Waals surface area contributed by atoms with Crippen LogP contribution in [0.1, 0.15) is 28.9 Å². The Hall–Kier alpha value is -3.08. The Morgan fingerprint density at radius 3 is 2.56 bits per heavy atom. The zero-order valence-electron chi connectivity index (χ0n) is 15.3. The van der Waals surface area contributed by atoms with E-state index in [4.69, 9.17) is 4.74 Å². The molecule has 4 rings (SSSR count). The van der Waals surface area contributed by atoms with Crippen LogP contribution in [0, 0.1) is 12.7 Å². The summed E-state index contributed by atoms with van der Waals surface area (Å²) in [6, 6.07) is 16.2. The second kappa shape index (κ2) is 6.91. The number of nitrogens with one attached hydrogen (secondary N) is 1. The predicted molar refractivity (Wildman–Crippen MR) is 103 cm³/mol. The van der Waals surface area contributed by atoms with Gasteiger partial charge in [0, 0.05) is 23.0 Å². The summed E-state index contributed by atoms with van der Waals surface area (Å²) in [6.45, 7) is 1.91. The average molecular weight is 364 g/mol. The van der Waals surface area contributed by atoms with Crippen LogP contribution in [0.15, 0.2) is 54.6 Å². The Bertz CT molecular complexity index is 988. The summed E-state index contributed by atoms with van der Waals surface area (Å²) in [5, 5.41) is 3.05. The van der Waals surface area contributed by atoms with E-state index >= 15 is 0 Å². The molecule has 0 bridgehead atoms. The first kappa shape index (κ1) is 17.3. The Labute approximate surface area is 157 Å². The Morgan fingerprint density at radius 1 is 1.15 bits per heavy atom. The third-order valence-electron chi connectivity index (χ3n) is 4.85. The smallest absolute Gasteiger partial charge is 0.253 e. The highest BCUT2D eigenvalue weighted by Crippen LogP contribution is 2.32. The third kappa shape index (κ3) is 3.45. The summed E-state index contributed by atoms with van der Waals surface area (Å²) in [4.78, 5) is 12.7. The molecule has 1 amide bonds. The molecular formula is C22H21FN2O2. The van der Waals surface area contributed by atoms with E-state index in [9.17, 15) is 9.18 Å². The van der Waals surface area contributed by atoms with Gasteiger partial charge in [-0.25, -0.2) is 4.39 Å². The zero-order valence-corrected chi connectivity index (χ0v) is 15.3. The highest BCUT2D eigenvalue weighted by molar-refractivity contribution is 5.97. The van der Waals surface area contributed by atoms with Gasteiger partial charge in [-0.15, -0.1) is 0 Å². The number of hydrogen-bond acceptors (Lipinski definition) is 2. The largest absolute Gasteiger partial charge is 0.497 e. The second-order valence-electron chi connectivity index (χ2n) is 6.82. The summed E-state index contributed by atoms with van der Waals surface area (Å²) in [5.41, 5.74) is 4.03. The number of carbonyl (C=O) groups is 1. The topological polar surface area (TPSA) is 43.3 Å². The number of aromatic nitrogens is 1. The van der Waals surface area contributed by atoms with Crippen molar-refractivity contribution in [3.05, 3.63) is 71.7 Å². The number of methoxy groups -OCH3 is 1. The fraction of sp³-hybridized carbons (Fsp3) is 0.227. The summed E-state index contributed by atoms with van der Waals surface area (Å²) < 4.78 is 20.7. The van der Waals surface area contributed by atoms with Crippen molar-refractivity contribution in [3.63, 3.8) is 0 Å². The van der Waals surface area contributed by atoms with E-state index in [1.54, 1.807) is 19.2 Å². The molecule has 0 aliphatic heterocycles. The highest BCUT2D eigenvalue weighted by atomic mass is 19.1. The molecule has 27 heavy (non-hydrogen) atoms. The molecule has 1 heterocycles. The molecule has 1 saturated carbocycles. The number of carbonyl (C=O) groups excluding carboxylic acids is 1. The van der Waals surface area contributed by atoms with Crippen molar-refractivity contribution < 1.29 is 13.9 Å². The number of amides is 1.